The highest BCUT2D eigenvalue weighted by molar-refractivity contribution is 9.10. The fraction of sp³-hybridized carbons (Fsp3) is 0.538. The van der Waals surface area contributed by atoms with E-state index >= 15 is 0 Å². The molecule has 19 heavy (non-hydrogen) atoms. The minimum Gasteiger partial charge on any atom is -0.469 e. The predicted molar refractivity (Wildman–Crippen MR) is 75.3 cm³/mol. The number of aryl methyl sites for hydroxylation is 1. The first-order chi connectivity index (χ1) is 9.10. The number of esters is 1. The van der Waals surface area contributed by atoms with E-state index in [0.29, 0.717) is 13.2 Å². The Morgan fingerprint density at radius 1 is 1.68 bits per heavy atom. The fourth-order valence-electron chi connectivity index (χ4n) is 2.17. The van der Waals surface area contributed by atoms with Crippen LogP contribution in [0.5, 0.6) is 0 Å². The maximum atomic E-state index is 11.3. The zero-order valence-electron chi connectivity index (χ0n) is 11.1. The number of hydrogen-bond donors (Lipinski definition) is 0. The third kappa shape index (κ3) is 3.67. The molecular formula is C13H17BrN2O3. The smallest absolute Gasteiger partial charge is 0.308 e. The molecule has 0 amide bonds. The second kappa shape index (κ2) is 6.34. The van der Waals surface area contributed by atoms with Gasteiger partial charge < -0.3 is 14.4 Å². The van der Waals surface area contributed by atoms with Gasteiger partial charge in [0.1, 0.15) is 5.82 Å². The van der Waals surface area contributed by atoms with Crippen molar-refractivity contribution in [2.75, 3.05) is 31.7 Å². The monoisotopic (exact) mass is 328 g/mol. The van der Waals surface area contributed by atoms with Crippen LogP contribution in [0.25, 0.3) is 0 Å². The van der Waals surface area contributed by atoms with Crippen molar-refractivity contribution in [1.29, 1.82) is 0 Å². The number of ether oxygens (including phenoxy) is 2. The first-order valence-electron chi connectivity index (χ1n) is 6.15. The van der Waals surface area contributed by atoms with Crippen molar-refractivity contribution in [3.63, 3.8) is 0 Å². The van der Waals surface area contributed by atoms with E-state index in [1.165, 1.54) is 7.11 Å². The van der Waals surface area contributed by atoms with Crippen molar-refractivity contribution in [3.8, 4) is 0 Å². The highest BCUT2D eigenvalue weighted by atomic mass is 79.9. The maximum Gasteiger partial charge on any atom is 0.308 e. The summed E-state index contributed by atoms with van der Waals surface area (Å²) in [6.45, 7) is 4.06. The Labute approximate surface area is 121 Å². The Morgan fingerprint density at radius 2 is 2.47 bits per heavy atom. The number of carbonyl (C=O) groups excluding carboxylic acids is 1. The molecule has 0 aromatic carbocycles. The van der Waals surface area contributed by atoms with Crippen LogP contribution in [-0.4, -0.2) is 43.9 Å². The van der Waals surface area contributed by atoms with Crippen LogP contribution in [0, 0.1) is 6.92 Å². The number of rotatable bonds is 3. The van der Waals surface area contributed by atoms with Crippen molar-refractivity contribution in [2.24, 2.45) is 0 Å². The molecule has 0 aliphatic carbocycles. The number of hydrogen-bond acceptors (Lipinski definition) is 5. The molecule has 0 N–H and O–H groups in total. The third-order valence-corrected chi connectivity index (χ3v) is 3.51. The molecule has 1 aliphatic heterocycles. The minimum atomic E-state index is -0.243. The number of pyridine rings is 1. The predicted octanol–water partition coefficient (Wildman–Crippen LogP) is 1.92. The van der Waals surface area contributed by atoms with Gasteiger partial charge in [-0.15, -0.1) is 0 Å². The molecule has 5 nitrogen and oxygen atoms in total. The van der Waals surface area contributed by atoms with Gasteiger partial charge in [-0.05, 0) is 34.5 Å². The second-order valence-electron chi connectivity index (χ2n) is 4.51. The summed E-state index contributed by atoms with van der Waals surface area (Å²) in [5.74, 6) is 0.703. The average Bonchev–Trinajstić information content (AvgIpc) is 2.39. The molecule has 1 saturated heterocycles. The summed E-state index contributed by atoms with van der Waals surface area (Å²) in [6.07, 6.45) is 1.93. The van der Waals surface area contributed by atoms with Crippen LogP contribution in [0.3, 0.4) is 0 Å². The van der Waals surface area contributed by atoms with Crippen molar-refractivity contribution in [1.82, 2.24) is 4.98 Å². The molecule has 1 aromatic rings. The van der Waals surface area contributed by atoms with Crippen LogP contribution in [0.4, 0.5) is 5.82 Å². The summed E-state index contributed by atoms with van der Waals surface area (Å²) < 4.78 is 11.2. The van der Waals surface area contributed by atoms with Crippen LogP contribution in [0.1, 0.15) is 12.0 Å². The molecule has 6 heteroatoms. The Kier molecular flexibility index (Phi) is 4.76. The number of anilines is 1. The Bertz CT molecular complexity index is 467. The normalized spacial score (nSPS) is 19.3. The van der Waals surface area contributed by atoms with E-state index in [9.17, 15) is 4.79 Å². The van der Waals surface area contributed by atoms with Crippen molar-refractivity contribution < 1.29 is 14.3 Å². The van der Waals surface area contributed by atoms with Crippen molar-refractivity contribution >= 4 is 27.7 Å². The first-order valence-corrected chi connectivity index (χ1v) is 6.95. The lowest BCUT2D eigenvalue weighted by molar-refractivity contribution is -0.144. The molecule has 2 rings (SSSR count). The van der Waals surface area contributed by atoms with Gasteiger partial charge in [0.25, 0.3) is 0 Å². The summed E-state index contributed by atoms with van der Waals surface area (Å²) in [4.78, 5) is 17.9. The molecule has 2 heterocycles. The van der Waals surface area contributed by atoms with Crippen LogP contribution in [-0.2, 0) is 14.3 Å². The van der Waals surface area contributed by atoms with Gasteiger partial charge in [-0.3, -0.25) is 4.79 Å². The SMILES string of the molecule is COC(=O)CC1CN(c2ncc(Br)cc2C)CCO1. The lowest BCUT2D eigenvalue weighted by Crippen LogP contribution is -2.44. The van der Waals surface area contributed by atoms with Crippen LogP contribution >= 0.6 is 15.9 Å². The summed E-state index contributed by atoms with van der Waals surface area (Å²) in [5, 5.41) is 0. The lowest BCUT2D eigenvalue weighted by atomic mass is 10.2. The lowest BCUT2D eigenvalue weighted by Gasteiger charge is -2.34. The zero-order valence-corrected chi connectivity index (χ0v) is 12.6. The third-order valence-electron chi connectivity index (χ3n) is 3.08. The van der Waals surface area contributed by atoms with Crippen LogP contribution in [0.15, 0.2) is 16.7 Å². The average molecular weight is 329 g/mol. The summed E-state index contributed by atoms with van der Waals surface area (Å²) in [6, 6.07) is 2.03. The molecule has 1 unspecified atom stereocenters. The molecular weight excluding hydrogens is 312 g/mol. The molecule has 0 saturated carbocycles. The summed E-state index contributed by atoms with van der Waals surface area (Å²) in [5.41, 5.74) is 1.10. The van der Waals surface area contributed by atoms with Crippen LogP contribution < -0.4 is 4.90 Å². The number of nitrogens with zero attached hydrogens (tertiary/aromatic N) is 2. The first kappa shape index (κ1) is 14.3. The van der Waals surface area contributed by atoms with Gasteiger partial charge in [-0.1, -0.05) is 0 Å². The molecule has 1 fully saturated rings. The number of halogens is 1. The van der Waals surface area contributed by atoms with E-state index in [1.807, 2.05) is 13.0 Å². The van der Waals surface area contributed by atoms with Crippen molar-refractivity contribution in [2.45, 2.75) is 19.4 Å². The van der Waals surface area contributed by atoms with Gasteiger partial charge in [0.15, 0.2) is 0 Å². The molecule has 1 aliphatic rings. The van der Waals surface area contributed by atoms with Gasteiger partial charge in [-0.2, -0.15) is 0 Å². The molecule has 0 bridgehead atoms. The second-order valence-corrected chi connectivity index (χ2v) is 5.43. The number of methoxy groups -OCH3 is 1. The summed E-state index contributed by atoms with van der Waals surface area (Å²) >= 11 is 3.41. The standard InChI is InChI=1S/C13H17BrN2O3/c1-9-5-10(14)7-15-13(9)16-3-4-19-11(8-16)6-12(17)18-2/h5,7,11H,3-4,6,8H2,1-2H3. The van der Waals surface area contributed by atoms with Gasteiger partial charge in [-0.25, -0.2) is 4.98 Å². The molecule has 0 spiro atoms. The van der Waals surface area contributed by atoms with Gasteiger partial charge >= 0.3 is 5.97 Å². The Balaban J connectivity index is 2.06. The summed E-state index contributed by atoms with van der Waals surface area (Å²) in [7, 11) is 1.39. The number of carbonyl (C=O) groups is 1. The van der Waals surface area contributed by atoms with E-state index < -0.39 is 0 Å². The molecule has 1 aromatic heterocycles. The quantitative estimate of drug-likeness (QED) is 0.793. The van der Waals surface area contributed by atoms with Gasteiger partial charge in [0.2, 0.25) is 0 Å². The highest BCUT2D eigenvalue weighted by Crippen LogP contribution is 2.23. The number of aromatic nitrogens is 1. The van der Waals surface area contributed by atoms with E-state index in [2.05, 4.69) is 30.6 Å². The van der Waals surface area contributed by atoms with Gasteiger partial charge in [0.05, 0.1) is 26.2 Å². The molecule has 104 valence electrons. The molecule has 1 atom stereocenters. The molecule has 0 radical (unpaired) electrons. The Hall–Kier alpha value is -1.14. The van der Waals surface area contributed by atoms with E-state index in [0.717, 1.165) is 22.4 Å². The van der Waals surface area contributed by atoms with Gasteiger partial charge in [0, 0.05) is 23.8 Å². The topological polar surface area (TPSA) is 51.7 Å². The maximum absolute atomic E-state index is 11.3. The van der Waals surface area contributed by atoms with E-state index in [4.69, 9.17) is 4.74 Å². The Morgan fingerprint density at radius 3 is 3.16 bits per heavy atom. The zero-order chi connectivity index (χ0) is 13.8. The van der Waals surface area contributed by atoms with Crippen LogP contribution in [0.2, 0.25) is 0 Å². The highest BCUT2D eigenvalue weighted by Gasteiger charge is 2.24. The van der Waals surface area contributed by atoms with Crippen molar-refractivity contribution in [3.05, 3.63) is 22.3 Å². The van der Waals surface area contributed by atoms with E-state index in [-0.39, 0.29) is 18.5 Å². The fourth-order valence-corrected chi connectivity index (χ4v) is 2.61. The number of morpholine rings is 1. The minimum absolute atomic E-state index is 0.133. The van der Waals surface area contributed by atoms with E-state index in [1.54, 1.807) is 6.20 Å². The largest absolute Gasteiger partial charge is 0.469 e.